The first-order chi connectivity index (χ1) is 10.0. The Hall–Kier alpha value is -2.14. The number of hydrogen-bond acceptors (Lipinski definition) is 3. The summed E-state index contributed by atoms with van der Waals surface area (Å²) >= 11 is 3.40. The Bertz CT molecular complexity index is 755. The lowest BCUT2D eigenvalue weighted by molar-refractivity contribution is -0.118. The van der Waals surface area contributed by atoms with Crippen molar-refractivity contribution in [1.29, 1.82) is 0 Å². The molecule has 1 aliphatic rings. The number of benzene rings is 2. The summed E-state index contributed by atoms with van der Waals surface area (Å²) in [6.07, 6.45) is 0. The monoisotopic (exact) mass is 345 g/mol. The van der Waals surface area contributed by atoms with Gasteiger partial charge in [0.25, 0.3) is 5.91 Å². The fourth-order valence-electron chi connectivity index (χ4n) is 2.19. The average Bonchev–Trinajstić information content (AvgIpc) is 2.48. The summed E-state index contributed by atoms with van der Waals surface area (Å²) in [5, 5.41) is 2.70. The maximum absolute atomic E-state index is 12.6. The van der Waals surface area contributed by atoms with Crippen molar-refractivity contribution in [2.24, 2.45) is 0 Å². The van der Waals surface area contributed by atoms with Crippen molar-refractivity contribution >= 4 is 33.3 Å². The predicted molar refractivity (Wildman–Crippen MR) is 82.9 cm³/mol. The molecule has 0 radical (unpaired) electrons. The van der Waals surface area contributed by atoms with Gasteiger partial charge in [-0.15, -0.1) is 0 Å². The minimum absolute atomic E-state index is 0.00369. The lowest BCUT2D eigenvalue weighted by Crippen LogP contribution is -2.25. The van der Waals surface area contributed by atoms with Gasteiger partial charge in [0.15, 0.2) is 12.4 Å². The quantitative estimate of drug-likeness (QED) is 0.849. The molecule has 1 heterocycles. The van der Waals surface area contributed by atoms with Crippen LogP contribution in [-0.2, 0) is 4.79 Å². The second kappa shape index (κ2) is 5.33. The number of carbonyl (C=O) groups is 2. The summed E-state index contributed by atoms with van der Waals surface area (Å²) in [5.41, 5.74) is 2.64. The second-order valence-electron chi connectivity index (χ2n) is 4.86. The minimum atomic E-state index is -0.219. The Morgan fingerprint density at radius 1 is 1.24 bits per heavy atom. The molecule has 1 aliphatic heterocycles. The van der Waals surface area contributed by atoms with E-state index in [4.69, 9.17) is 4.74 Å². The molecule has 2 aromatic carbocycles. The lowest BCUT2D eigenvalue weighted by Gasteiger charge is -2.18. The number of ketones is 1. The molecule has 4 nitrogen and oxygen atoms in total. The van der Waals surface area contributed by atoms with E-state index in [0.717, 1.165) is 10.0 Å². The van der Waals surface area contributed by atoms with Gasteiger partial charge in [0.1, 0.15) is 5.75 Å². The van der Waals surface area contributed by atoms with Gasteiger partial charge in [0.05, 0.1) is 5.69 Å². The molecule has 0 unspecified atom stereocenters. The van der Waals surface area contributed by atoms with Crippen molar-refractivity contribution in [3.8, 4) is 5.75 Å². The van der Waals surface area contributed by atoms with Gasteiger partial charge in [0.2, 0.25) is 0 Å². The maximum atomic E-state index is 12.6. The van der Waals surface area contributed by atoms with Gasteiger partial charge in [0, 0.05) is 15.6 Å². The third-order valence-electron chi connectivity index (χ3n) is 3.24. The highest BCUT2D eigenvalue weighted by Gasteiger charge is 2.19. The summed E-state index contributed by atoms with van der Waals surface area (Å²) in [4.78, 5) is 24.0. The van der Waals surface area contributed by atoms with Crippen molar-refractivity contribution in [3.63, 3.8) is 0 Å². The molecule has 0 atom stereocenters. The molecule has 2 aromatic rings. The first-order valence-electron chi connectivity index (χ1n) is 6.42. The molecule has 3 rings (SSSR count). The number of rotatable bonds is 2. The number of anilines is 1. The van der Waals surface area contributed by atoms with Gasteiger partial charge < -0.3 is 10.1 Å². The standard InChI is InChI=1S/C16H12BrNO3/c1-9-2-4-12(17)11(6-9)16(20)10-3-5-14-13(7-10)18-15(19)8-21-14/h2-7H,8H2,1H3,(H,18,19). The largest absolute Gasteiger partial charge is 0.482 e. The summed E-state index contributed by atoms with van der Waals surface area (Å²) < 4.78 is 6.03. The van der Waals surface area contributed by atoms with E-state index in [1.807, 2.05) is 25.1 Å². The molecule has 0 bridgehead atoms. The number of aryl methyl sites for hydroxylation is 1. The van der Waals surface area contributed by atoms with Crippen LogP contribution in [0.5, 0.6) is 5.75 Å². The van der Waals surface area contributed by atoms with E-state index in [9.17, 15) is 9.59 Å². The third kappa shape index (κ3) is 2.69. The molecule has 5 heteroatoms. The molecule has 0 saturated heterocycles. The Labute approximate surface area is 130 Å². The number of ether oxygens (including phenoxy) is 1. The van der Waals surface area contributed by atoms with Crippen LogP contribution < -0.4 is 10.1 Å². The summed E-state index contributed by atoms with van der Waals surface area (Å²) in [6, 6.07) is 10.7. The van der Waals surface area contributed by atoms with Crippen LogP contribution in [0.3, 0.4) is 0 Å². The highest BCUT2D eigenvalue weighted by Crippen LogP contribution is 2.30. The molecular formula is C16H12BrNO3. The van der Waals surface area contributed by atoms with E-state index in [1.54, 1.807) is 18.2 Å². The highest BCUT2D eigenvalue weighted by atomic mass is 79.9. The molecule has 0 spiro atoms. The van der Waals surface area contributed by atoms with Crippen molar-refractivity contribution in [2.75, 3.05) is 11.9 Å². The van der Waals surface area contributed by atoms with E-state index in [0.29, 0.717) is 22.6 Å². The fourth-order valence-corrected chi connectivity index (χ4v) is 2.62. The Morgan fingerprint density at radius 2 is 2.05 bits per heavy atom. The van der Waals surface area contributed by atoms with Crippen LogP contribution in [0, 0.1) is 6.92 Å². The molecule has 0 aliphatic carbocycles. The van der Waals surface area contributed by atoms with Crippen LogP contribution in [0.15, 0.2) is 40.9 Å². The SMILES string of the molecule is Cc1ccc(Br)c(C(=O)c2ccc3c(c2)NC(=O)CO3)c1. The van der Waals surface area contributed by atoms with E-state index >= 15 is 0 Å². The van der Waals surface area contributed by atoms with Gasteiger partial charge >= 0.3 is 0 Å². The van der Waals surface area contributed by atoms with E-state index < -0.39 is 0 Å². The zero-order valence-corrected chi connectivity index (χ0v) is 12.9. The van der Waals surface area contributed by atoms with E-state index in [2.05, 4.69) is 21.2 Å². The number of amides is 1. The molecule has 106 valence electrons. The van der Waals surface area contributed by atoms with Gasteiger partial charge in [-0.1, -0.05) is 27.6 Å². The topological polar surface area (TPSA) is 55.4 Å². The van der Waals surface area contributed by atoms with Crippen molar-refractivity contribution < 1.29 is 14.3 Å². The first kappa shape index (κ1) is 13.8. The van der Waals surface area contributed by atoms with Crippen LogP contribution in [0.2, 0.25) is 0 Å². The van der Waals surface area contributed by atoms with Gasteiger partial charge in [-0.25, -0.2) is 0 Å². The van der Waals surface area contributed by atoms with E-state index in [-0.39, 0.29) is 18.3 Å². The molecule has 1 N–H and O–H groups in total. The Balaban J connectivity index is 2.00. The number of halogens is 1. The van der Waals surface area contributed by atoms with Crippen molar-refractivity contribution in [2.45, 2.75) is 6.92 Å². The van der Waals surface area contributed by atoms with Crippen LogP contribution in [-0.4, -0.2) is 18.3 Å². The summed E-state index contributed by atoms with van der Waals surface area (Å²) in [6.45, 7) is 1.94. The smallest absolute Gasteiger partial charge is 0.262 e. The lowest BCUT2D eigenvalue weighted by atomic mass is 10.0. The molecule has 0 aromatic heterocycles. The normalized spacial score (nSPS) is 13.1. The number of fused-ring (bicyclic) bond motifs is 1. The van der Waals surface area contributed by atoms with Crippen LogP contribution in [0.1, 0.15) is 21.5 Å². The zero-order chi connectivity index (χ0) is 15.0. The van der Waals surface area contributed by atoms with E-state index in [1.165, 1.54) is 0 Å². The number of hydrogen-bond donors (Lipinski definition) is 1. The Kier molecular flexibility index (Phi) is 3.51. The summed E-state index contributed by atoms with van der Waals surface area (Å²) in [7, 11) is 0. The highest BCUT2D eigenvalue weighted by molar-refractivity contribution is 9.10. The van der Waals surface area contributed by atoms with Crippen LogP contribution >= 0.6 is 15.9 Å². The van der Waals surface area contributed by atoms with Gasteiger partial charge in [-0.2, -0.15) is 0 Å². The third-order valence-corrected chi connectivity index (χ3v) is 3.93. The average molecular weight is 346 g/mol. The molecule has 21 heavy (non-hydrogen) atoms. The van der Waals surface area contributed by atoms with Crippen molar-refractivity contribution in [3.05, 3.63) is 57.6 Å². The first-order valence-corrected chi connectivity index (χ1v) is 7.21. The van der Waals surface area contributed by atoms with Crippen LogP contribution in [0.25, 0.3) is 0 Å². The maximum Gasteiger partial charge on any atom is 0.262 e. The number of nitrogens with one attached hydrogen (secondary N) is 1. The van der Waals surface area contributed by atoms with Gasteiger partial charge in [-0.05, 0) is 37.3 Å². The zero-order valence-electron chi connectivity index (χ0n) is 11.3. The molecule has 0 fully saturated rings. The second-order valence-corrected chi connectivity index (χ2v) is 5.71. The molecule has 1 amide bonds. The Morgan fingerprint density at radius 3 is 2.86 bits per heavy atom. The molecule has 0 saturated carbocycles. The molecular weight excluding hydrogens is 334 g/mol. The predicted octanol–water partition coefficient (Wildman–Crippen LogP) is 3.32. The number of carbonyl (C=O) groups excluding carboxylic acids is 2. The minimum Gasteiger partial charge on any atom is -0.482 e. The van der Waals surface area contributed by atoms with Crippen LogP contribution in [0.4, 0.5) is 5.69 Å². The summed E-state index contributed by atoms with van der Waals surface area (Å²) in [5.74, 6) is 0.256. The van der Waals surface area contributed by atoms with Gasteiger partial charge in [-0.3, -0.25) is 9.59 Å². The van der Waals surface area contributed by atoms with Crippen molar-refractivity contribution in [1.82, 2.24) is 0 Å². The fraction of sp³-hybridized carbons (Fsp3) is 0.125.